The standard InChI is InChI=1S/C16H21BN2O6S/c1-2-3-9-16(17,15(20)21)12-8-10-18(11-12)26(24,25)14-7-5-4-6-13(14)19(22)23/h4-7,12H,2-3,8-11H2,1H3,(H,20,21). The molecule has 26 heavy (non-hydrogen) atoms. The highest BCUT2D eigenvalue weighted by atomic mass is 32.2. The zero-order valence-electron chi connectivity index (χ0n) is 14.5. The van der Waals surface area contributed by atoms with Crippen molar-refractivity contribution in [2.24, 2.45) is 5.92 Å². The normalized spacial score (nSPS) is 20.6. The van der Waals surface area contributed by atoms with Crippen LogP contribution in [0, 0.1) is 16.0 Å². The molecule has 0 aliphatic carbocycles. The summed E-state index contributed by atoms with van der Waals surface area (Å²) in [5, 5.41) is 19.2. The van der Waals surface area contributed by atoms with Crippen LogP contribution >= 0.6 is 0 Å². The number of aliphatic carboxylic acids is 1. The van der Waals surface area contributed by atoms with Gasteiger partial charge in [-0.2, -0.15) is 4.31 Å². The van der Waals surface area contributed by atoms with Gasteiger partial charge in [0.05, 0.1) is 12.8 Å². The molecule has 2 atom stereocenters. The minimum atomic E-state index is -4.11. The summed E-state index contributed by atoms with van der Waals surface area (Å²) in [6, 6.07) is 5.13. The first-order valence-corrected chi connectivity index (χ1v) is 9.84. The summed E-state index contributed by atoms with van der Waals surface area (Å²) in [6.45, 7) is 1.93. The molecule has 1 saturated heterocycles. The Morgan fingerprint density at radius 3 is 2.69 bits per heavy atom. The van der Waals surface area contributed by atoms with E-state index in [1.54, 1.807) is 0 Å². The molecule has 0 aromatic heterocycles. The van der Waals surface area contributed by atoms with Crippen LogP contribution in [0.4, 0.5) is 5.69 Å². The van der Waals surface area contributed by atoms with E-state index in [0.29, 0.717) is 12.8 Å². The number of hydrogen-bond acceptors (Lipinski definition) is 5. The average molecular weight is 380 g/mol. The molecule has 0 spiro atoms. The van der Waals surface area contributed by atoms with Crippen molar-refractivity contribution in [3.8, 4) is 0 Å². The second kappa shape index (κ2) is 7.75. The fraction of sp³-hybridized carbons (Fsp3) is 0.562. The Bertz CT molecular complexity index is 800. The number of rotatable bonds is 8. The van der Waals surface area contributed by atoms with Gasteiger partial charge in [0.1, 0.15) is 0 Å². The highest BCUT2D eigenvalue weighted by Crippen LogP contribution is 2.44. The van der Waals surface area contributed by atoms with Gasteiger partial charge in [-0.05, 0) is 24.8 Å². The molecule has 140 valence electrons. The third kappa shape index (κ3) is 3.75. The first-order valence-electron chi connectivity index (χ1n) is 8.40. The molecular weight excluding hydrogens is 359 g/mol. The van der Waals surface area contributed by atoms with Gasteiger partial charge in [-0.3, -0.25) is 14.9 Å². The van der Waals surface area contributed by atoms with Crippen LogP contribution in [-0.4, -0.2) is 49.7 Å². The molecule has 1 fully saturated rings. The number of nitrogens with zero attached hydrogens (tertiary/aromatic N) is 2. The second-order valence-corrected chi connectivity index (χ2v) is 8.43. The predicted octanol–water partition coefficient (Wildman–Crippen LogP) is 2.21. The number of benzene rings is 1. The first-order chi connectivity index (χ1) is 12.1. The smallest absolute Gasteiger partial charge is 0.300 e. The lowest BCUT2D eigenvalue weighted by Crippen LogP contribution is -2.36. The van der Waals surface area contributed by atoms with Crippen molar-refractivity contribution in [1.82, 2.24) is 4.31 Å². The summed E-state index contributed by atoms with van der Waals surface area (Å²) >= 11 is 0. The van der Waals surface area contributed by atoms with Crippen LogP contribution in [0.25, 0.3) is 0 Å². The van der Waals surface area contributed by atoms with E-state index < -0.39 is 42.7 Å². The van der Waals surface area contributed by atoms with Crippen LogP contribution in [0.3, 0.4) is 0 Å². The van der Waals surface area contributed by atoms with Gasteiger partial charge in [-0.1, -0.05) is 31.9 Å². The molecule has 2 rings (SSSR count). The molecule has 0 amide bonds. The number of carboxylic acids is 1. The number of carbonyl (C=O) groups is 1. The molecule has 1 aromatic carbocycles. The van der Waals surface area contributed by atoms with E-state index in [0.717, 1.165) is 16.8 Å². The monoisotopic (exact) mass is 380 g/mol. The van der Waals surface area contributed by atoms with E-state index in [9.17, 15) is 28.4 Å². The number of sulfonamides is 1. The van der Waals surface area contributed by atoms with Crippen LogP contribution in [0.1, 0.15) is 32.6 Å². The maximum atomic E-state index is 12.8. The third-order valence-corrected chi connectivity index (χ3v) is 6.81. The lowest BCUT2D eigenvalue weighted by atomic mass is 9.57. The lowest BCUT2D eigenvalue weighted by molar-refractivity contribution is -0.387. The highest BCUT2D eigenvalue weighted by molar-refractivity contribution is 7.89. The van der Waals surface area contributed by atoms with Crippen molar-refractivity contribution >= 4 is 29.5 Å². The Morgan fingerprint density at radius 1 is 1.46 bits per heavy atom. The third-order valence-electron chi connectivity index (χ3n) is 4.90. The molecule has 8 nitrogen and oxygen atoms in total. The summed E-state index contributed by atoms with van der Waals surface area (Å²) in [5.41, 5.74) is -0.501. The lowest BCUT2D eigenvalue weighted by Gasteiger charge is -2.32. The van der Waals surface area contributed by atoms with Crippen LogP contribution in [-0.2, 0) is 14.8 Å². The Hall–Kier alpha value is -1.94. The predicted molar refractivity (Wildman–Crippen MR) is 95.6 cm³/mol. The van der Waals surface area contributed by atoms with Gasteiger partial charge in [0.25, 0.3) is 5.69 Å². The quantitative estimate of drug-likeness (QED) is 0.420. The van der Waals surface area contributed by atoms with Crippen molar-refractivity contribution in [1.29, 1.82) is 0 Å². The van der Waals surface area contributed by atoms with Crippen LogP contribution < -0.4 is 0 Å². The summed E-state index contributed by atoms with van der Waals surface area (Å²) in [5.74, 6) is -1.70. The SMILES string of the molecule is [B]C(CCCC)(C(=O)O)C1CCN(S(=O)(=O)c2ccccc2[N+](=O)[O-])C1. The van der Waals surface area contributed by atoms with Crippen LogP contribution in [0.2, 0.25) is 5.31 Å². The van der Waals surface area contributed by atoms with E-state index >= 15 is 0 Å². The molecule has 0 saturated carbocycles. The second-order valence-electron chi connectivity index (χ2n) is 6.52. The fourth-order valence-corrected chi connectivity index (χ4v) is 4.94. The van der Waals surface area contributed by atoms with Gasteiger partial charge in [-0.15, -0.1) is 0 Å². The summed E-state index contributed by atoms with van der Waals surface area (Å²) in [4.78, 5) is 21.7. The fourth-order valence-electron chi connectivity index (χ4n) is 3.29. The number of hydrogen-bond donors (Lipinski definition) is 1. The highest BCUT2D eigenvalue weighted by Gasteiger charge is 2.46. The summed E-state index contributed by atoms with van der Waals surface area (Å²) < 4.78 is 26.8. The summed E-state index contributed by atoms with van der Waals surface area (Å²) in [7, 11) is 2.01. The molecule has 1 N–H and O–H groups in total. The minimum Gasteiger partial charge on any atom is -0.481 e. The van der Waals surface area contributed by atoms with Crippen molar-refractivity contribution in [3.63, 3.8) is 0 Å². The Morgan fingerprint density at radius 2 is 2.12 bits per heavy atom. The molecule has 1 aliphatic rings. The molecule has 1 aliphatic heterocycles. The summed E-state index contributed by atoms with van der Waals surface area (Å²) in [6.07, 6.45) is 1.95. The minimum absolute atomic E-state index is 0.0686. The van der Waals surface area contributed by atoms with Gasteiger partial charge >= 0.3 is 5.97 Å². The number of para-hydroxylation sites is 1. The van der Waals surface area contributed by atoms with Crippen LogP contribution in [0.5, 0.6) is 0 Å². The number of nitro benzene ring substituents is 1. The average Bonchev–Trinajstić information content (AvgIpc) is 3.11. The molecule has 0 bridgehead atoms. The van der Waals surface area contributed by atoms with Crippen molar-refractivity contribution in [2.45, 2.75) is 42.8 Å². The Kier molecular flexibility index (Phi) is 6.07. The van der Waals surface area contributed by atoms with E-state index in [4.69, 9.17) is 7.85 Å². The van der Waals surface area contributed by atoms with Gasteiger partial charge < -0.3 is 5.11 Å². The number of unbranched alkanes of at least 4 members (excludes halogenated alkanes) is 1. The molecular formula is C16H21BN2O6S. The first kappa shape index (κ1) is 20.4. The Balaban J connectivity index is 2.30. The van der Waals surface area contributed by atoms with Gasteiger partial charge in [0.2, 0.25) is 10.0 Å². The molecule has 2 radical (unpaired) electrons. The zero-order valence-corrected chi connectivity index (χ0v) is 15.3. The topological polar surface area (TPSA) is 118 Å². The zero-order chi connectivity index (χ0) is 19.5. The number of nitro groups is 1. The van der Waals surface area contributed by atoms with Gasteiger partial charge in [-0.25, -0.2) is 8.42 Å². The van der Waals surface area contributed by atoms with Crippen LogP contribution in [0.15, 0.2) is 29.2 Å². The molecule has 1 heterocycles. The van der Waals surface area contributed by atoms with Gasteiger partial charge in [0, 0.05) is 24.5 Å². The molecule has 2 unspecified atom stereocenters. The Labute approximate surface area is 153 Å². The molecule has 1 aromatic rings. The van der Waals surface area contributed by atoms with E-state index in [1.165, 1.54) is 18.2 Å². The van der Waals surface area contributed by atoms with E-state index in [1.807, 2.05) is 6.92 Å². The maximum absolute atomic E-state index is 12.8. The van der Waals surface area contributed by atoms with Crippen molar-refractivity contribution < 1.29 is 23.2 Å². The molecule has 10 heteroatoms. The number of carboxylic acid groups (broad SMARTS) is 1. The van der Waals surface area contributed by atoms with E-state index in [-0.39, 0.29) is 19.5 Å². The van der Waals surface area contributed by atoms with Gasteiger partial charge in [0.15, 0.2) is 4.90 Å². The van der Waals surface area contributed by atoms with E-state index in [2.05, 4.69) is 0 Å². The largest absolute Gasteiger partial charge is 0.481 e. The maximum Gasteiger partial charge on any atom is 0.300 e. The van der Waals surface area contributed by atoms with Crippen molar-refractivity contribution in [3.05, 3.63) is 34.4 Å². The van der Waals surface area contributed by atoms with Crippen molar-refractivity contribution in [2.75, 3.05) is 13.1 Å².